The molecule has 0 saturated heterocycles. The highest BCUT2D eigenvalue weighted by molar-refractivity contribution is 5.81. The minimum absolute atomic E-state index is 0.155. The maximum atomic E-state index is 11.4. The van der Waals surface area contributed by atoms with Gasteiger partial charge < -0.3 is 18.9 Å². The molecule has 0 aromatic heterocycles. The summed E-state index contributed by atoms with van der Waals surface area (Å²) in [4.78, 5) is 22.8. The van der Waals surface area contributed by atoms with Gasteiger partial charge in [0.15, 0.2) is 0 Å². The fraction of sp³-hybridized carbons (Fsp3) is 0.455. The molecule has 0 bridgehead atoms. The molecular weight excluding hydrogens is 492 g/mol. The summed E-state index contributed by atoms with van der Waals surface area (Å²) in [7, 11) is 0. The topological polar surface area (TPSA) is 71.1 Å². The third-order valence-electron chi connectivity index (χ3n) is 7.13. The molecule has 0 heterocycles. The average molecular weight is 535 g/mol. The summed E-state index contributed by atoms with van der Waals surface area (Å²) in [5, 5.41) is 0. The molecule has 3 atom stereocenters. The highest BCUT2D eigenvalue weighted by Gasteiger charge is 2.45. The van der Waals surface area contributed by atoms with Crippen LogP contribution in [-0.4, -0.2) is 37.4 Å². The Kier molecular flexibility index (Phi) is 10.0. The van der Waals surface area contributed by atoms with Gasteiger partial charge in [-0.1, -0.05) is 58.2 Å². The van der Waals surface area contributed by atoms with E-state index in [-0.39, 0.29) is 36.3 Å². The Morgan fingerprint density at radius 1 is 0.821 bits per heavy atom. The Bertz CT molecular complexity index is 1060. The average Bonchev–Trinajstić information content (AvgIpc) is 2.90. The van der Waals surface area contributed by atoms with Crippen molar-refractivity contribution in [1.29, 1.82) is 0 Å². The van der Waals surface area contributed by atoms with Crippen LogP contribution in [0.15, 0.2) is 73.8 Å². The van der Waals surface area contributed by atoms with Gasteiger partial charge in [0.1, 0.15) is 36.9 Å². The van der Waals surface area contributed by atoms with E-state index in [9.17, 15) is 9.59 Å². The van der Waals surface area contributed by atoms with Crippen LogP contribution in [0, 0.1) is 11.3 Å². The van der Waals surface area contributed by atoms with Crippen LogP contribution >= 0.6 is 0 Å². The SMILES string of the molecule is C=CC(=O)OC(C)COc1ccc(C2(c3ccc(OCC(C)OC(=O)C=C)cc3)CC(C)CC(C)(C)C2)cc1. The number of esters is 2. The molecule has 210 valence electrons. The Hall–Kier alpha value is -3.54. The smallest absolute Gasteiger partial charge is 0.330 e. The zero-order valence-electron chi connectivity index (χ0n) is 23.9. The molecule has 0 spiro atoms. The summed E-state index contributed by atoms with van der Waals surface area (Å²) < 4.78 is 22.2. The van der Waals surface area contributed by atoms with Crippen LogP contribution in [0.5, 0.6) is 11.5 Å². The van der Waals surface area contributed by atoms with Crippen LogP contribution in [0.25, 0.3) is 0 Å². The second kappa shape index (κ2) is 13.0. The number of rotatable bonds is 12. The van der Waals surface area contributed by atoms with Gasteiger partial charge in [-0.25, -0.2) is 9.59 Å². The number of hydrogen-bond donors (Lipinski definition) is 0. The van der Waals surface area contributed by atoms with Crippen LogP contribution in [0.3, 0.4) is 0 Å². The van der Waals surface area contributed by atoms with E-state index >= 15 is 0 Å². The summed E-state index contributed by atoms with van der Waals surface area (Å²) in [6, 6.07) is 16.6. The van der Waals surface area contributed by atoms with Gasteiger partial charge in [-0.2, -0.15) is 0 Å². The first-order chi connectivity index (χ1) is 18.5. The van der Waals surface area contributed by atoms with Gasteiger partial charge in [0.2, 0.25) is 0 Å². The quantitative estimate of drug-likeness (QED) is 0.220. The molecule has 3 rings (SSSR count). The van der Waals surface area contributed by atoms with Gasteiger partial charge in [0.05, 0.1) is 0 Å². The van der Waals surface area contributed by atoms with Crippen molar-refractivity contribution in [3.63, 3.8) is 0 Å². The minimum Gasteiger partial charge on any atom is -0.490 e. The van der Waals surface area contributed by atoms with Crippen molar-refractivity contribution in [2.24, 2.45) is 11.3 Å². The number of hydrogen-bond acceptors (Lipinski definition) is 6. The first-order valence-corrected chi connectivity index (χ1v) is 13.6. The highest BCUT2D eigenvalue weighted by Crippen LogP contribution is 2.53. The van der Waals surface area contributed by atoms with E-state index in [2.05, 4.69) is 58.2 Å². The molecule has 1 fully saturated rings. The van der Waals surface area contributed by atoms with Crippen molar-refractivity contribution >= 4 is 11.9 Å². The molecule has 1 aliphatic carbocycles. The third-order valence-corrected chi connectivity index (χ3v) is 7.13. The van der Waals surface area contributed by atoms with Crippen LogP contribution in [-0.2, 0) is 24.5 Å². The summed E-state index contributed by atoms with van der Waals surface area (Å²) in [5.74, 6) is 1.10. The lowest BCUT2D eigenvalue weighted by atomic mass is 9.55. The maximum absolute atomic E-state index is 11.4. The van der Waals surface area contributed by atoms with Gasteiger partial charge >= 0.3 is 11.9 Å². The van der Waals surface area contributed by atoms with Crippen molar-refractivity contribution < 1.29 is 28.5 Å². The van der Waals surface area contributed by atoms with E-state index < -0.39 is 11.9 Å². The molecule has 39 heavy (non-hydrogen) atoms. The molecule has 3 unspecified atom stereocenters. The van der Waals surface area contributed by atoms with E-state index in [4.69, 9.17) is 18.9 Å². The number of ether oxygens (including phenoxy) is 4. The Labute approximate surface area is 233 Å². The van der Waals surface area contributed by atoms with Crippen molar-refractivity contribution in [2.75, 3.05) is 13.2 Å². The van der Waals surface area contributed by atoms with E-state index in [0.717, 1.165) is 36.5 Å². The summed E-state index contributed by atoms with van der Waals surface area (Å²) in [5.41, 5.74) is 2.52. The minimum atomic E-state index is -0.459. The largest absolute Gasteiger partial charge is 0.490 e. The molecule has 0 radical (unpaired) electrons. The lowest BCUT2D eigenvalue weighted by Crippen LogP contribution is -2.41. The summed E-state index contributed by atoms with van der Waals surface area (Å²) in [6.07, 6.45) is 4.79. The van der Waals surface area contributed by atoms with Crippen LogP contribution < -0.4 is 9.47 Å². The second-order valence-electron chi connectivity index (χ2n) is 11.5. The monoisotopic (exact) mass is 534 g/mol. The van der Waals surface area contributed by atoms with Gasteiger partial charge in [-0.3, -0.25) is 0 Å². The number of benzene rings is 2. The highest BCUT2D eigenvalue weighted by atomic mass is 16.6. The zero-order chi connectivity index (χ0) is 28.6. The molecule has 6 heteroatoms. The van der Waals surface area contributed by atoms with Gasteiger partial charge in [0, 0.05) is 17.6 Å². The predicted octanol–water partition coefficient (Wildman–Crippen LogP) is 6.81. The molecule has 1 saturated carbocycles. The third kappa shape index (κ3) is 8.22. The lowest BCUT2D eigenvalue weighted by Gasteiger charge is -2.48. The Morgan fingerprint density at radius 2 is 1.23 bits per heavy atom. The van der Waals surface area contributed by atoms with Crippen LogP contribution in [0.2, 0.25) is 0 Å². The Morgan fingerprint density at radius 3 is 1.59 bits per heavy atom. The second-order valence-corrected chi connectivity index (χ2v) is 11.5. The van der Waals surface area contributed by atoms with Gasteiger partial charge in [0.25, 0.3) is 0 Å². The molecule has 2 aromatic carbocycles. The number of carbonyl (C=O) groups is 2. The first-order valence-electron chi connectivity index (χ1n) is 13.6. The predicted molar refractivity (Wildman–Crippen MR) is 153 cm³/mol. The van der Waals surface area contributed by atoms with Gasteiger partial charge in [-0.15, -0.1) is 0 Å². The Balaban J connectivity index is 1.80. The standard InChI is InChI=1S/C33H42O6/c1-8-30(34)38-24(4)20-36-28-14-10-26(11-15-28)33(19-23(3)18-32(6,7)22-33)27-12-16-29(17-13-27)37-21-25(5)39-31(35)9-2/h8-17,23-25H,1-2,18-22H2,3-7H3. The van der Waals surface area contributed by atoms with Crippen molar-refractivity contribution in [2.45, 2.75) is 71.5 Å². The molecule has 1 aliphatic rings. The van der Waals surface area contributed by atoms with E-state index in [1.54, 1.807) is 13.8 Å². The van der Waals surface area contributed by atoms with Crippen molar-refractivity contribution in [3.8, 4) is 11.5 Å². The molecule has 0 amide bonds. The molecular formula is C33H42O6. The molecule has 2 aromatic rings. The van der Waals surface area contributed by atoms with E-state index in [0.29, 0.717) is 5.92 Å². The van der Waals surface area contributed by atoms with Crippen molar-refractivity contribution in [1.82, 2.24) is 0 Å². The van der Waals surface area contributed by atoms with Crippen molar-refractivity contribution in [3.05, 3.63) is 85.0 Å². The lowest BCUT2D eigenvalue weighted by molar-refractivity contribution is -0.144. The molecule has 0 aliphatic heterocycles. The zero-order valence-corrected chi connectivity index (χ0v) is 23.9. The molecule has 6 nitrogen and oxygen atoms in total. The van der Waals surface area contributed by atoms with E-state index in [1.165, 1.54) is 17.5 Å². The fourth-order valence-corrected chi connectivity index (χ4v) is 5.91. The fourth-order valence-electron chi connectivity index (χ4n) is 5.91. The normalized spacial score (nSPS) is 21.6. The van der Waals surface area contributed by atoms with Crippen LogP contribution in [0.1, 0.15) is 65.0 Å². The van der Waals surface area contributed by atoms with E-state index in [1.807, 2.05) is 24.3 Å². The summed E-state index contributed by atoms with van der Waals surface area (Å²) >= 11 is 0. The maximum Gasteiger partial charge on any atom is 0.330 e. The first kappa shape index (κ1) is 30.0. The van der Waals surface area contributed by atoms with Crippen LogP contribution in [0.4, 0.5) is 0 Å². The molecule has 0 N–H and O–H groups in total. The summed E-state index contributed by atoms with van der Waals surface area (Å²) in [6.45, 7) is 18.0. The number of carbonyl (C=O) groups excluding carboxylic acids is 2. The van der Waals surface area contributed by atoms with Gasteiger partial charge in [-0.05, 0) is 79.8 Å².